The molecule has 21 heavy (non-hydrogen) atoms. The van der Waals surface area contributed by atoms with Gasteiger partial charge in [0.25, 0.3) is 0 Å². The summed E-state index contributed by atoms with van der Waals surface area (Å²) in [5, 5.41) is -0.664. The minimum absolute atomic E-state index is 0.165. The van der Waals surface area contributed by atoms with Crippen molar-refractivity contribution in [3.8, 4) is 11.3 Å². The molecule has 0 aliphatic carbocycles. The Morgan fingerprint density at radius 3 is 2.62 bits per heavy atom. The largest absolute Gasteiger partial charge is 0.309 e. The van der Waals surface area contributed by atoms with Gasteiger partial charge in [-0.2, -0.15) is 0 Å². The monoisotopic (exact) mass is 306 g/mol. The molecule has 0 aliphatic rings. The Bertz CT molecular complexity index is 708. The van der Waals surface area contributed by atoms with E-state index in [1.165, 1.54) is 18.3 Å². The van der Waals surface area contributed by atoms with Crippen LogP contribution in [0.15, 0.2) is 36.5 Å². The van der Waals surface area contributed by atoms with E-state index in [4.69, 9.17) is 18.2 Å². The molecule has 0 amide bonds. The van der Waals surface area contributed by atoms with Crippen LogP contribution in [0, 0.1) is 18.2 Å². The predicted octanol–water partition coefficient (Wildman–Crippen LogP) is 5.00. The molecule has 108 valence electrons. The molecule has 5 heteroatoms. The summed E-state index contributed by atoms with van der Waals surface area (Å²) in [7, 11) is 0. The normalized spacial score (nSPS) is 12.8. The second-order valence-corrected chi connectivity index (χ2v) is 5.63. The average molecular weight is 307 g/mol. The Morgan fingerprint density at radius 1 is 1.29 bits per heavy atom. The standard InChI is InChI=1S/C16H13ClF2N2/c1-16(2,20-3)15(17)12-5-4-8-21-14(12)11-7-6-10(18)9-13(11)19/h4-9,15H,1-2H3. The quantitative estimate of drug-likeness (QED) is 0.576. The maximum Gasteiger partial charge on any atom is 0.247 e. The van der Waals surface area contributed by atoms with E-state index in [0.717, 1.165) is 6.07 Å². The summed E-state index contributed by atoms with van der Waals surface area (Å²) in [5.41, 5.74) is 0.173. The molecule has 0 aliphatic heterocycles. The van der Waals surface area contributed by atoms with E-state index in [1.807, 2.05) is 0 Å². The Morgan fingerprint density at radius 2 is 2.00 bits per heavy atom. The van der Waals surface area contributed by atoms with Crippen molar-refractivity contribution in [1.29, 1.82) is 0 Å². The van der Waals surface area contributed by atoms with Crippen LogP contribution in [-0.4, -0.2) is 10.5 Å². The number of rotatable bonds is 3. The highest BCUT2D eigenvalue weighted by Gasteiger charge is 2.37. The lowest BCUT2D eigenvalue weighted by Gasteiger charge is -2.20. The summed E-state index contributed by atoms with van der Waals surface area (Å²) < 4.78 is 27.0. The van der Waals surface area contributed by atoms with E-state index in [0.29, 0.717) is 11.3 Å². The number of hydrogen-bond donors (Lipinski definition) is 0. The van der Waals surface area contributed by atoms with Gasteiger partial charge < -0.3 is 4.85 Å². The summed E-state index contributed by atoms with van der Waals surface area (Å²) >= 11 is 6.39. The van der Waals surface area contributed by atoms with Gasteiger partial charge in [0.05, 0.1) is 5.69 Å². The number of aromatic nitrogens is 1. The minimum Gasteiger partial charge on any atom is -0.309 e. The van der Waals surface area contributed by atoms with Gasteiger partial charge in [-0.15, -0.1) is 11.6 Å². The molecular formula is C16H13ClF2N2. The van der Waals surface area contributed by atoms with Crippen LogP contribution in [0.3, 0.4) is 0 Å². The van der Waals surface area contributed by atoms with Gasteiger partial charge in [-0.3, -0.25) is 4.98 Å². The van der Waals surface area contributed by atoms with Crippen molar-refractivity contribution in [2.24, 2.45) is 0 Å². The van der Waals surface area contributed by atoms with Crippen molar-refractivity contribution < 1.29 is 8.78 Å². The molecule has 1 aromatic carbocycles. The molecule has 2 nitrogen and oxygen atoms in total. The van der Waals surface area contributed by atoms with E-state index >= 15 is 0 Å². The lowest BCUT2D eigenvalue weighted by molar-refractivity contribution is 0.580. The number of benzene rings is 1. The second kappa shape index (κ2) is 5.79. The van der Waals surface area contributed by atoms with E-state index in [-0.39, 0.29) is 5.56 Å². The minimum atomic E-state index is -0.865. The number of alkyl halides is 1. The van der Waals surface area contributed by atoms with Crippen molar-refractivity contribution in [2.75, 3.05) is 0 Å². The first-order valence-electron chi connectivity index (χ1n) is 6.30. The second-order valence-electron chi connectivity index (χ2n) is 5.19. The lowest BCUT2D eigenvalue weighted by atomic mass is 9.92. The number of nitrogens with zero attached hydrogens (tertiary/aromatic N) is 2. The molecule has 2 rings (SSSR count). The summed E-state index contributed by atoms with van der Waals surface area (Å²) in [6.07, 6.45) is 1.51. The first-order valence-corrected chi connectivity index (χ1v) is 6.73. The van der Waals surface area contributed by atoms with Crippen LogP contribution in [-0.2, 0) is 0 Å². The van der Waals surface area contributed by atoms with Crippen LogP contribution in [0.5, 0.6) is 0 Å². The molecule has 1 atom stereocenters. The van der Waals surface area contributed by atoms with Crippen LogP contribution in [0.2, 0.25) is 0 Å². The van der Waals surface area contributed by atoms with Gasteiger partial charge in [0.15, 0.2) is 0 Å². The third-order valence-corrected chi connectivity index (χ3v) is 3.98. The number of halogens is 3. The fraction of sp³-hybridized carbons (Fsp3) is 0.250. The Labute approximate surface area is 127 Å². The maximum atomic E-state index is 14.0. The van der Waals surface area contributed by atoms with E-state index in [2.05, 4.69) is 9.83 Å². The molecule has 1 unspecified atom stereocenters. The highest BCUT2D eigenvalue weighted by Crippen LogP contribution is 2.39. The average Bonchev–Trinajstić information content (AvgIpc) is 2.46. The fourth-order valence-electron chi connectivity index (χ4n) is 1.97. The molecule has 0 radical (unpaired) electrons. The van der Waals surface area contributed by atoms with Crippen LogP contribution in [0.1, 0.15) is 24.8 Å². The van der Waals surface area contributed by atoms with Gasteiger partial charge in [0.2, 0.25) is 5.54 Å². The van der Waals surface area contributed by atoms with Crippen molar-refractivity contribution in [3.05, 3.63) is 65.1 Å². The molecule has 0 N–H and O–H groups in total. The topological polar surface area (TPSA) is 17.2 Å². The smallest absolute Gasteiger partial charge is 0.247 e. The lowest BCUT2D eigenvalue weighted by Crippen LogP contribution is -2.22. The van der Waals surface area contributed by atoms with Crippen molar-refractivity contribution in [1.82, 2.24) is 4.98 Å². The highest BCUT2D eigenvalue weighted by atomic mass is 35.5. The summed E-state index contributed by atoms with van der Waals surface area (Å²) in [4.78, 5) is 7.66. The van der Waals surface area contributed by atoms with Crippen LogP contribution in [0.25, 0.3) is 16.1 Å². The van der Waals surface area contributed by atoms with Crippen molar-refractivity contribution in [3.63, 3.8) is 0 Å². The maximum absolute atomic E-state index is 14.0. The Balaban J connectivity index is 2.59. The first kappa shape index (κ1) is 15.4. The zero-order valence-corrected chi connectivity index (χ0v) is 12.3. The fourth-order valence-corrected chi connectivity index (χ4v) is 2.19. The van der Waals surface area contributed by atoms with E-state index in [1.54, 1.807) is 26.0 Å². The first-order chi connectivity index (χ1) is 9.86. The van der Waals surface area contributed by atoms with Crippen molar-refractivity contribution in [2.45, 2.75) is 24.8 Å². The molecule has 0 spiro atoms. The number of pyridine rings is 1. The molecule has 1 heterocycles. The highest BCUT2D eigenvalue weighted by molar-refractivity contribution is 6.22. The van der Waals surface area contributed by atoms with Gasteiger partial charge in [-0.25, -0.2) is 15.4 Å². The molecule has 1 aromatic heterocycles. The third kappa shape index (κ3) is 3.03. The molecular weight excluding hydrogens is 294 g/mol. The van der Waals surface area contributed by atoms with E-state index < -0.39 is 22.6 Å². The van der Waals surface area contributed by atoms with E-state index in [9.17, 15) is 8.78 Å². The van der Waals surface area contributed by atoms with Crippen LogP contribution in [0.4, 0.5) is 8.78 Å². The van der Waals surface area contributed by atoms with Gasteiger partial charge in [0.1, 0.15) is 17.0 Å². The molecule has 0 bridgehead atoms. The predicted molar refractivity (Wildman–Crippen MR) is 78.9 cm³/mol. The van der Waals surface area contributed by atoms with Crippen LogP contribution >= 0.6 is 11.6 Å². The van der Waals surface area contributed by atoms with Gasteiger partial charge in [-0.05, 0) is 18.2 Å². The van der Waals surface area contributed by atoms with Crippen LogP contribution < -0.4 is 0 Å². The molecule has 0 saturated carbocycles. The Hall–Kier alpha value is -1.99. The summed E-state index contributed by atoms with van der Waals surface area (Å²) in [6, 6.07) is 6.67. The molecule has 0 saturated heterocycles. The SMILES string of the molecule is [C-]#[N+]C(C)(C)C(Cl)c1cccnc1-c1ccc(F)cc1F. The van der Waals surface area contributed by atoms with Gasteiger partial charge in [0, 0.05) is 37.2 Å². The third-order valence-electron chi connectivity index (χ3n) is 3.21. The summed E-state index contributed by atoms with van der Waals surface area (Å²) in [5.74, 6) is -1.36. The molecule has 0 fully saturated rings. The molecule has 2 aromatic rings. The number of hydrogen-bond acceptors (Lipinski definition) is 1. The Kier molecular flexibility index (Phi) is 4.24. The van der Waals surface area contributed by atoms with Gasteiger partial charge >= 0.3 is 0 Å². The summed E-state index contributed by atoms with van der Waals surface area (Å²) in [6.45, 7) is 10.6. The van der Waals surface area contributed by atoms with Gasteiger partial charge in [-0.1, -0.05) is 6.07 Å². The zero-order valence-electron chi connectivity index (χ0n) is 11.6. The zero-order chi connectivity index (χ0) is 15.6. The van der Waals surface area contributed by atoms with Crippen molar-refractivity contribution >= 4 is 11.6 Å².